The smallest absolute Gasteiger partial charge is 0.214 e. The summed E-state index contributed by atoms with van der Waals surface area (Å²) in [5, 5.41) is 0. The summed E-state index contributed by atoms with van der Waals surface area (Å²) >= 11 is 1.10. The first kappa shape index (κ1) is 13.1. The zero-order chi connectivity index (χ0) is 13.9. The molecule has 0 saturated carbocycles. The van der Waals surface area contributed by atoms with Gasteiger partial charge in [0.1, 0.15) is 5.69 Å². The minimum atomic E-state index is -0.0523. The molecule has 1 aliphatic rings. The highest BCUT2D eigenvalue weighted by Crippen LogP contribution is 2.23. The van der Waals surface area contributed by atoms with E-state index in [1.165, 1.54) is 0 Å². The van der Waals surface area contributed by atoms with Crippen LogP contribution >= 0.6 is 11.7 Å². The summed E-state index contributed by atoms with van der Waals surface area (Å²) in [7, 11) is 2.07. The van der Waals surface area contributed by atoms with Gasteiger partial charge in [-0.25, -0.2) is 0 Å². The molecular weight excluding hydrogens is 270 g/mol. The molecule has 4 nitrogen and oxygen atoms in total. The van der Waals surface area contributed by atoms with Gasteiger partial charge in [-0.15, -0.1) is 0 Å². The van der Waals surface area contributed by atoms with Crippen LogP contribution in [0.1, 0.15) is 28.2 Å². The lowest BCUT2D eigenvalue weighted by Crippen LogP contribution is -2.25. The number of hydrogen-bond donors (Lipinski definition) is 0. The second-order valence-corrected chi connectivity index (χ2v) is 5.44. The Bertz CT molecular complexity index is 648. The predicted molar refractivity (Wildman–Crippen MR) is 79.9 cm³/mol. The van der Waals surface area contributed by atoms with Gasteiger partial charge in [0, 0.05) is 18.7 Å². The number of carbonyl (C=O) groups excluding carboxylic acids is 1. The molecule has 0 amide bonds. The lowest BCUT2D eigenvalue weighted by molar-refractivity contribution is 0.103. The number of carbonyl (C=O) groups is 1. The fraction of sp³-hybridized carbons (Fsp3) is 0.267. The zero-order valence-electron chi connectivity index (χ0n) is 11.2. The average molecular weight is 285 g/mol. The Morgan fingerprint density at radius 1 is 1.25 bits per heavy atom. The van der Waals surface area contributed by atoms with E-state index in [4.69, 9.17) is 0 Å². The number of aromatic nitrogens is 2. The van der Waals surface area contributed by atoms with E-state index >= 15 is 0 Å². The van der Waals surface area contributed by atoms with E-state index in [0.717, 1.165) is 42.5 Å². The second kappa shape index (κ2) is 5.64. The maximum atomic E-state index is 12.5. The van der Waals surface area contributed by atoms with E-state index in [1.807, 2.05) is 30.3 Å². The lowest BCUT2D eigenvalue weighted by atomic mass is 10.0. The van der Waals surface area contributed by atoms with Gasteiger partial charge in [-0.1, -0.05) is 36.4 Å². The van der Waals surface area contributed by atoms with E-state index in [9.17, 15) is 4.79 Å². The van der Waals surface area contributed by atoms with Crippen LogP contribution in [0, 0.1) is 0 Å². The summed E-state index contributed by atoms with van der Waals surface area (Å²) in [5.74, 6) is -0.0523. The Balaban J connectivity index is 1.95. The molecule has 20 heavy (non-hydrogen) atoms. The highest BCUT2D eigenvalue weighted by atomic mass is 32.1. The lowest BCUT2D eigenvalue weighted by Gasteiger charge is -2.22. The molecule has 0 N–H and O–H groups in total. The third kappa shape index (κ3) is 2.55. The molecule has 0 spiro atoms. The van der Waals surface area contributed by atoms with Crippen molar-refractivity contribution in [2.75, 3.05) is 20.1 Å². The van der Waals surface area contributed by atoms with Crippen molar-refractivity contribution in [1.29, 1.82) is 0 Å². The molecule has 0 radical (unpaired) electrons. The van der Waals surface area contributed by atoms with Crippen LogP contribution in [0.3, 0.4) is 0 Å². The largest absolute Gasteiger partial charge is 0.302 e. The van der Waals surface area contributed by atoms with Crippen LogP contribution in [0.4, 0.5) is 0 Å². The maximum absolute atomic E-state index is 12.5. The van der Waals surface area contributed by atoms with Crippen molar-refractivity contribution >= 4 is 23.1 Å². The van der Waals surface area contributed by atoms with Crippen molar-refractivity contribution in [3.63, 3.8) is 0 Å². The molecule has 1 aromatic heterocycles. The summed E-state index contributed by atoms with van der Waals surface area (Å²) < 4.78 is 8.55. The number of nitrogens with zero attached hydrogens (tertiary/aromatic N) is 3. The molecule has 2 heterocycles. The number of benzene rings is 1. The topological polar surface area (TPSA) is 46.1 Å². The van der Waals surface area contributed by atoms with E-state index in [1.54, 1.807) is 0 Å². The number of ketones is 1. The quantitative estimate of drug-likeness (QED) is 0.813. The molecule has 0 bridgehead atoms. The Labute approximate surface area is 122 Å². The van der Waals surface area contributed by atoms with Crippen LogP contribution in [0.15, 0.2) is 36.4 Å². The Morgan fingerprint density at radius 3 is 2.80 bits per heavy atom. The standard InChI is InChI=1S/C15H15N3OS/c1-18-9-5-8-12(10-18)13-14(17-20-16-13)15(19)11-6-3-2-4-7-11/h2-4,6-8H,5,9-10H2,1H3. The first-order valence-corrected chi connectivity index (χ1v) is 7.29. The zero-order valence-corrected chi connectivity index (χ0v) is 12.1. The van der Waals surface area contributed by atoms with Crippen LogP contribution in [0.5, 0.6) is 0 Å². The third-order valence-electron chi connectivity index (χ3n) is 3.39. The normalized spacial score (nSPS) is 15.9. The molecule has 0 fully saturated rings. The summed E-state index contributed by atoms with van der Waals surface area (Å²) in [5.41, 5.74) is 2.98. The highest BCUT2D eigenvalue weighted by Gasteiger charge is 2.22. The van der Waals surface area contributed by atoms with Crippen molar-refractivity contribution in [2.24, 2.45) is 0 Å². The fourth-order valence-electron chi connectivity index (χ4n) is 2.34. The van der Waals surface area contributed by atoms with Crippen LogP contribution in [-0.2, 0) is 0 Å². The number of rotatable bonds is 3. The van der Waals surface area contributed by atoms with E-state index in [0.29, 0.717) is 11.3 Å². The van der Waals surface area contributed by atoms with Gasteiger partial charge in [-0.2, -0.15) is 8.75 Å². The number of hydrogen-bond acceptors (Lipinski definition) is 5. The molecule has 0 atom stereocenters. The van der Waals surface area contributed by atoms with Crippen molar-refractivity contribution < 1.29 is 4.79 Å². The highest BCUT2D eigenvalue weighted by molar-refractivity contribution is 6.99. The van der Waals surface area contributed by atoms with Gasteiger partial charge >= 0.3 is 0 Å². The predicted octanol–water partition coefficient (Wildman–Crippen LogP) is 2.49. The van der Waals surface area contributed by atoms with Crippen LogP contribution in [-0.4, -0.2) is 39.6 Å². The molecule has 0 aliphatic carbocycles. The van der Waals surface area contributed by atoms with Crippen molar-refractivity contribution in [3.8, 4) is 0 Å². The number of likely N-dealkylation sites (N-methyl/N-ethyl adjacent to an activating group) is 1. The first-order valence-electron chi connectivity index (χ1n) is 6.56. The van der Waals surface area contributed by atoms with Gasteiger partial charge < -0.3 is 4.90 Å². The van der Waals surface area contributed by atoms with Crippen molar-refractivity contribution in [2.45, 2.75) is 6.42 Å². The molecule has 1 aromatic carbocycles. The van der Waals surface area contributed by atoms with Gasteiger partial charge in [0.15, 0.2) is 5.69 Å². The SMILES string of the molecule is CN1CCC=C(c2nsnc2C(=O)c2ccccc2)C1. The molecule has 1 aliphatic heterocycles. The molecule has 0 saturated heterocycles. The minimum Gasteiger partial charge on any atom is -0.302 e. The fourth-order valence-corrected chi connectivity index (χ4v) is 2.92. The van der Waals surface area contributed by atoms with Gasteiger partial charge in [0.25, 0.3) is 0 Å². The third-order valence-corrected chi connectivity index (χ3v) is 3.91. The Kier molecular flexibility index (Phi) is 3.71. The molecule has 5 heteroatoms. The summed E-state index contributed by atoms with van der Waals surface area (Å²) in [6.45, 7) is 1.86. The maximum Gasteiger partial charge on any atom is 0.214 e. The van der Waals surface area contributed by atoms with Crippen LogP contribution in [0.2, 0.25) is 0 Å². The Hall–Kier alpha value is -1.85. The van der Waals surface area contributed by atoms with Gasteiger partial charge in [0.05, 0.1) is 11.7 Å². The minimum absolute atomic E-state index is 0.0523. The molecule has 3 rings (SSSR count). The second-order valence-electron chi connectivity index (χ2n) is 4.91. The molecule has 2 aromatic rings. The van der Waals surface area contributed by atoms with Crippen molar-refractivity contribution in [1.82, 2.24) is 13.6 Å². The van der Waals surface area contributed by atoms with E-state index in [-0.39, 0.29) is 5.78 Å². The average Bonchev–Trinajstić information content (AvgIpc) is 2.97. The summed E-state index contributed by atoms with van der Waals surface area (Å²) in [6, 6.07) is 9.25. The molecule has 102 valence electrons. The summed E-state index contributed by atoms with van der Waals surface area (Å²) in [6.07, 6.45) is 3.15. The van der Waals surface area contributed by atoms with Crippen molar-refractivity contribution in [3.05, 3.63) is 53.4 Å². The van der Waals surface area contributed by atoms with E-state index < -0.39 is 0 Å². The Morgan fingerprint density at radius 2 is 2.05 bits per heavy atom. The van der Waals surface area contributed by atoms with Gasteiger partial charge in [-0.05, 0) is 19.0 Å². The van der Waals surface area contributed by atoms with Gasteiger partial charge in [0.2, 0.25) is 5.78 Å². The van der Waals surface area contributed by atoms with Gasteiger partial charge in [-0.3, -0.25) is 4.79 Å². The van der Waals surface area contributed by atoms with E-state index in [2.05, 4.69) is 26.8 Å². The van der Waals surface area contributed by atoms with Crippen LogP contribution < -0.4 is 0 Å². The molecular formula is C15H15N3OS. The molecule has 0 unspecified atom stereocenters. The summed E-state index contributed by atoms with van der Waals surface area (Å²) in [4.78, 5) is 14.7. The monoisotopic (exact) mass is 285 g/mol. The first-order chi connectivity index (χ1) is 9.75. The van der Waals surface area contributed by atoms with Crippen LogP contribution in [0.25, 0.3) is 5.57 Å².